The van der Waals surface area contributed by atoms with Gasteiger partial charge in [-0.3, -0.25) is 25.0 Å². The largest absolute Gasteiger partial charge is 0.476 e. The third-order valence-electron chi connectivity index (χ3n) is 3.82. The molecule has 28 heavy (non-hydrogen) atoms. The summed E-state index contributed by atoms with van der Waals surface area (Å²) in [6, 6.07) is 11.1. The average molecular weight is 382 g/mol. The lowest BCUT2D eigenvalue weighted by atomic mass is 10.1. The molecule has 2 aromatic rings. The molecule has 0 aromatic heterocycles. The van der Waals surface area contributed by atoms with Gasteiger partial charge in [-0.05, 0) is 30.7 Å². The summed E-state index contributed by atoms with van der Waals surface area (Å²) in [7, 11) is 0. The van der Waals surface area contributed by atoms with Crippen molar-refractivity contribution in [3.05, 3.63) is 79.9 Å². The van der Waals surface area contributed by atoms with E-state index in [1.807, 2.05) is 0 Å². The van der Waals surface area contributed by atoms with Crippen LogP contribution in [0, 0.1) is 20.2 Å². The monoisotopic (exact) mass is 382 g/mol. The van der Waals surface area contributed by atoms with Gasteiger partial charge in [0.25, 0.3) is 17.3 Å². The number of hydrogen-bond acceptors (Lipinski definition) is 7. The zero-order valence-electron chi connectivity index (χ0n) is 14.6. The lowest BCUT2D eigenvalue weighted by molar-refractivity contribution is -0.385. The summed E-state index contributed by atoms with van der Waals surface area (Å²) in [5, 5.41) is 26.9. The van der Waals surface area contributed by atoms with Gasteiger partial charge in [0.15, 0.2) is 0 Å². The molecule has 0 radical (unpaired) electrons. The zero-order valence-corrected chi connectivity index (χ0v) is 14.6. The Labute approximate surface area is 158 Å². The first kappa shape index (κ1) is 18.7. The molecule has 0 saturated heterocycles. The topological polar surface area (TPSA) is 128 Å². The Morgan fingerprint density at radius 1 is 1.07 bits per heavy atom. The Bertz CT molecular complexity index is 1010. The average Bonchev–Trinajstić information content (AvgIpc) is 2.98. The predicted molar refractivity (Wildman–Crippen MR) is 101 cm³/mol. The minimum Gasteiger partial charge on any atom is -0.476 e. The molecule has 3 rings (SSSR count). The van der Waals surface area contributed by atoms with Crippen LogP contribution >= 0.6 is 0 Å². The van der Waals surface area contributed by atoms with E-state index in [-0.39, 0.29) is 29.5 Å². The van der Waals surface area contributed by atoms with Crippen molar-refractivity contribution in [3.63, 3.8) is 0 Å². The Morgan fingerprint density at radius 3 is 2.36 bits per heavy atom. The number of nitrogens with zero attached hydrogens (tertiary/aromatic N) is 4. The third-order valence-corrected chi connectivity index (χ3v) is 3.82. The number of rotatable bonds is 5. The van der Waals surface area contributed by atoms with Gasteiger partial charge < -0.3 is 4.74 Å². The van der Waals surface area contributed by atoms with Crippen LogP contribution in [0.5, 0.6) is 0 Å². The summed E-state index contributed by atoms with van der Waals surface area (Å²) in [4.78, 5) is 33.5. The highest BCUT2D eigenvalue weighted by atomic mass is 16.6. The molecule has 10 heteroatoms. The lowest BCUT2D eigenvalue weighted by Gasteiger charge is -2.10. The summed E-state index contributed by atoms with van der Waals surface area (Å²) >= 11 is 0. The highest BCUT2D eigenvalue weighted by molar-refractivity contribution is 6.30. The van der Waals surface area contributed by atoms with Crippen molar-refractivity contribution in [3.8, 4) is 0 Å². The molecule has 1 aliphatic heterocycles. The van der Waals surface area contributed by atoms with Crippen LogP contribution in [-0.4, -0.2) is 28.3 Å². The van der Waals surface area contributed by atoms with Crippen LogP contribution in [0.25, 0.3) is 6.08 Å². The van der Waals surface area contributed by atoms with Gasteiger partial charge in [0, 0.05) is 24.3 Å². The summed E-state index contributed by atoms with van der Waals surface area (Å²) in [6.45, 7) is 1.99. The fraction of sp³-hybridized carbons (Fsp3) is 0.111. The van der Waals surface area contributed by atoms with Crippen LogP contribution in [0.2, 0.25) is 0 Å². The summed E-state index contributed by atoms with van der Waals surface area (Å²) in [5.41, 5.74) is 0.671. The number of anilines is 1. The fourth-order valence-electron chi connectivity index (χ4n) is 2.55. The molecule has 1 heterocycles. The maximum atomic E-state index is 12.8. The number of non-ortho nitro benzene ring substituents is 2. The number of nitro benzene ring substituents is 2. The van der Waals surface area contributed by atoms with E-state index < -0.39 is 15.8 Å². The number of amides is 1. The molecule has 0 spiro atoms. The molecular formula is C18H14N4O6. The second-order valence-electron chi connectivity index (χ2n) is 5.64. The molecule has 0 atom stereocenters. The second kappa shape index (κ2) is 7.66. The third kappa shape index (κ3) is 3.70. The van der Waals surface area contributed by atoms with Crippen LogP contribution in [0.3, 0.4) is 0 Å². The van der Waals surface area contributed by atoms with Gasteiger partial charge in [-0.25, -0.2) is 0 Å². The SMILES string of the molecule is CCOC1=NN(c2ccc([N+](=O)[O-])cc2)C(=O)/C1=C\c1cccc([N+](=O)[O-])c1. The smallest absolute Gasteiger partial charge is 0.284 e. The predicted octanol–water partition coefficient (Wildman–Crippen LogP) is 3.28. The van der Waals surface area contributed by atoms with Gasteiger partial charge >= 0.3 is 0 Å². The maximum Gasteiger partial charge on any atom is 0.284 e. The first-order valence-electron chi connectivity index (χ1n) is 8.17. The molecule has 0 N–H and O–H groups in total. The molecule has 0 aliphatic carbocycles. The Kier molecular flexibility index (Phi) is 5.12. The standard InChI is InChI=1S/C18H14N4O6/c1-2-28-17-16(11-12-4-3-5-15(10-12)22(26)27)18(23)20(19-17)13-6-8-14(9-7-13)21(24)25/h3-11H,2H2,1H3/b16-11-. The van der Waals surface area contributed by atoms with Crippen LogP contribution in [0.4, 0.5) is 17.1 Å². The normalized spacial score (nSPS) is 14.9. The Morgan fingerprint density at radius 2 is 1.75 bits per heavy atom. The van der Waals surface area contributed by atoms with Gasteiger partial charge in [-0.2, -0.15) is 5.01 Å². The van der Waals surface area contributed by atoms with E-state index in [9.17, 15) is 25.0 Å². The van der Waals surface area contributed by atoms with Gasteiger partial charge in [-0.15, -0.1) is 5.10 Å². The second-order valence-corrected chi connectivity index (χ2v) is 5.64. The summed E-state index contributed by atoms with van der Waals surface area (Å²) in [6.07, 6.45) is 1.45. The highest BCUT2D eigenvalue weighted by Crippen LogP contribution is 2.27. The van der Waals surface area contributed by atoms with E-state index in [0.717, 1.165) is 5.01 Å². The summed E-state index contributed by atoms with van der Waals surface area (Å²) < 4.78 is 5.43. The molecule has 10 nitrogen and oxygen atoms in total. The number of nitro groups is 2. The number of carbonyl (C=O) groups is 1. The van der Waals surface area contributed by atoms with E-state index in [1.54, 1.807) is 13.0 Å². The van der Waals surface area contributed by atoms with E-state index in [1.165, 1.54) is 48.5 Å². The zero-order chi connectivity index (χ0) is 20.3. The van der Waals surface area contributed by atoms with Gasteiger partial charge in [0.05, 0.1) is 22.1 Å². The first-order chi connectivity index (χ1) is 13.4. The van der Waals surface area contributed by atoms with Crippen molar-refractivity contribution < 1.29 is 19.4 Å². The van der Waals surface area contributed by atoms with E-state index >= 15 is 0 Å². The first-order valence-corrected chi connectivity index (χ1v) is 8.17. The molecule has 0 bridgehead atoms. The molecular weight excluding hydrogens is 368 g/mol. The quantitative estimate of drug-likeness (QED) is 0.443. The van der Waals surface area contributed by atoms with Gasteiger partial charge in [0.1, 0.15) is 5.57 Å². The van der Waals surface area contributed by atoms with E-state index in [2.05, 4.69) is 5.10 Å². The van der Waals surface area contributed by atoms with Crippen molar-refractivity contribution in [2.45, 2.75) is 6.92 Å². The fourth-order valence-corrected chi connectivity index (χ4v) is 2.55. The van der Waals surface area contributed by atoms with Crippen LogP contribution in [0.1, 0.15) is 12.5 Å². The number of hydrogen-bond donors (Lipinski definition) is 0. The Balaban J connectivity index is 1.97. The number of ether oxygens (including phenoxy) is 1. The Hall–Kier alpha value is -4.08. The molecule has 2 aromatic carbocycles. The highest BCUT2D eigenvalue weighted by Gasteiger charge is 2.33. The van der Waals surface area contributed by atoms with Crippen molar-refractivity contribution in [2.75, 3.05) is 11.6 Å². The van der Waals surface area contributed by atoms with Crippen LogP contribution in [-0.2, 0) is 9.53 Å². The number of carbonyl (C=O) groups excluding carboxylic acids is 1. The van der Waals surface area contributed by atoms with Crippen LogP contribution in [0.15, 0.2) is 59.2 Å². The molecule has 1 amide bonds. The molecule has 0 unspecified atom stereocenters. The number of benzene rings is 2. The molecule has 1 aliphatic rings. The molecule has 0 saturated carbocycles. The van der Waals surface area contributed by atoms with Crippen LogP contribution < -0.4 is 5.01 Å². The van der Waals surface area contributed by atoms with E-state index in [0.29, 0.717) is 11.3 Å². The lowest BCUT2D eigenvalue weighted by Crippen LogP contribution is -2.21. The molecule has 0 fully saturated rings. The van der Waals surface area contributed by atoms with Crippen molar-refractivity contribution in [1.29, 1.82) is 0 Å². The van der Waals surface area contributed by atoms with Gasteiger partial charge in [0.2, 0.25) is 5.90 Å². The summed E-state index contributed by atoms with van der Waals surface area (Å²) in [5.74, 6) is -0.443. The van der Waals surface area contributed by atoms with Crippen molar-refractivity contribution in [2.24, 2.45) is 5.10 Å². The number of hydrazone groups is 1. The van der Waals surface area contributed by atoms with Crippen molar-refractivity contribution >= 4 is 34.9 Å². The van der Waals surface area contributed by atoms with Gasteiger partial charge in [-0.1, -0.05) is 12.1 Å². The molecule has 142 valence electrons. The van der Waals surface area contributed by atoms with E-state index in [4.69, 9.17) is 4.74 Å². The maximum absolute atomic E-state index is 12.8. The van der Waals surface area contributed by atoms with Crippen molar-refractivity contribution in [1.82, 2.24) is 0 Å². The minimum absolute atomic E-state index is 0.0670. The minimum atomic E-state index is -0.544.